The quantitative estimate of drug-likeness (QED) is 0.530. The number of aliphatic hydroxyl groups is 2. The Morgan fingerprint density at radius 1 is 1.22 bits per heavy atom. The fraction of sp³-hybridized carbons (Fsp3) is 0.381. The van der Waals surface area contributed by atoms with Gasteiger partial charge in [-0.2, -0.15) is 0 Å². The van der Waals surface area contributed by atoms with E-state index < -0.39 is 6.10 Å². The number of benzene rings is 2. The van der Waals surface area contributed by atoms with Crippen LogP contribution in [0.5, 0.6) is 5.75 Å². The lowest BCUT2D eigenvalue weighted by atomic mass is 10.0. The average molecular weight is 373 g/mol. The van der Waals surface area contributed by atoms with E-state index in [-0.39, 0.29) is 24.4 Å². The summed E-state index contributed by atoms with van der Waals surface area (Å²) < 4.78 is 4.76. The molecule has 2 atom stereocenters. The van der Waals surface area contributed by atoms with Crippen molar-refractivity contribution in [3.63, 3.8) is 0 Å². The maximum atomic E-state index is 11.7. The van der Waals surface area contributed by atoms with Gasteiger partial charge in [-0.25, -0.2) is 4.79 Å². The number of aliphatic hydroxyl groups excluding tert-OH is 2. The minimum atomic E-state index is -0.748. The van der Waals surface area contributed by atoms with Gasteiger partial charge in [0, 0.05) is 18.2 Å². The Morgan fingerprint density at radius 2 is 1.96 bits per heavy atom. The number of rotatable bonds is 8. The van der Waals surface area contributed by atoms with Gasteiger partial charge in [0.15, 0.2) is 0 Å². The predicted molar refractivity (Wildman–Crippen MR) is 103 cm³/mol. The van der Waals surface area contributed by atoms with Crippen LogP contribution in [0.25, 0.3) is 0 Å². The number of aryl methyl sites for hydroxylation is 1. The van der Waals surface area contributed by atoms with Crippen molar-refractivity contribution in [2.75, 3.05) is 13.7 Å². The lowest BCUT2D eigenvalue weighted by molar-refractivity contribution is 0.0600. The van der Waals surface area contributed by atoms with Crippen molar-refractivity contribution in [2.24, 2.45) is 0 Å². The Labute approximate surface area is 159 Å². The zero-order chi connectivity index (χ0) is 20.0. The minimum Gasteiger partial charge on any atom is -0.508 e. The van der Waals surface area contributed by atoms with Gasteiger partial charge in [-0.1, -0.05) is 18.2 Å². The van der Waals surface area contributed by atoms with Crippen LogP contribution in [0.1, 0.15) is 45.6 Å². The second-order valence-electron chi connectivity index (χ2n) is 6.72. The molecule has 0 aliphatic heterocycles. The Bertz CT molecular complexity index is 790. The standard InChI is InChI=1S/C21H27NO5/c1-13-8-15(4-6-18(13)21(26)27-3)9-14(2)22-11-20(25)16-5-7-19(24)17(10-16)12-23/h4-8,10,14,20,22-25H,9,11-12H2,1-3H3. The van der Waals surface area contributed by atoms with Crippen LogP contribution >= 0.6 is 0 Å². The molecule has 27 heavy (non-hydrogen) atoms. The van der Waals surface area contributed by atoms with Crippen molar-refractivity contribution in [1.29, 1.82) is 0 Å². The molecule has 2 rings (SSSR count). The summed E-state index contributed by atoms with van der Waals surface area (Å²) in [6, 6.07) is 10.5. The number of esters is 1. The smallest absolute Gasteiger partial charge is 0.338 e. The highest BCUT2D eigenvalue weighted by molar-refractivity contribution is 5.90. The second-order valence-corrected chi connectivity index (χ2v) is 6.72. The molecule has 0 saturated carbocycles. The Hall–Kier alpha value is -2.41. The molecule has 6 nitrogen and oxygen atoms in total. The number of carbonyl (C=O) groups excluding carboxylic acids is 1. The van der Waals surface area contributed by atoms with Gasteiger partial charge >= 0.3 is 5.97 Å². The van der Waals surface area contributed by atoms with Crippen molar-refractivity contribution in [3.05, 3.63) is 64.2 Å². The first-order valence-electron chi connectivity index (χ1n) is 8.87. The third-order valence-electron chi connectivity index (χ3n) is 4.56. The van der Waals surface area contributed by atoms with Crippen LogP contribution in [0.15, 0.2) is 36.4 Å². The summed E-state index contributed by atoms with van der Waals surface area (Å²) in [5.41, 5.74) is 3.54. The maximum Gasteiger partial charge on any atom is 0.338 e. The molecule has 2 unspecified atom stereocenters. The first-order valence-corrected chi connectivity index (χ1v) is 8.87. The van der Waals surface area contributed by atoms with Gasteiger partial charge in [0.2, 0.25) is 0 Å². The molecule has 2 aromatic carbocycles. The number of methoxy groups -OCH3 is 1. The van der Waals surface area contributed by atoms with E-state index in [1.165, 1.54) is 13.2 Å². The summed E-state index contributed by atoms with van der Waals surface area (Å²) in [5, 5.41) is 32.4. The first-order chi connectivity index (χ1) is 12.8. The first kappa shape index (κ1) is 20.9. The van der Waals surface area contributed by atoms with Crippen molar-refractivity contribution in [1.82, 2.24) is 5.32 Å². The normalized spacial score (nSPS) is 13.2. The molecule has 0 radical (unpaired) electrons. The van der Waals surface area contributed by atoms with Gasteiger partial charge in [0.1, 0.15) is 5.75 Å². The summed E-state index contributed by atoms with van der Waals surface area (Å²) >= 11 is 0. The third-order valence-corrected chi connectivity index (χ3v) is 4.56. The highest BCUT2D eigenvalue weighted by atomic mass is 16.5. The van der Waals surface area contributed by atoms with Crippen LogP contribution < -0.4 is 5.32 Å². The van der Waals surface area contributed by atoms with Gasteiger partial charge in [0.25, 0.3) is 0 Å². The van der Waals surface area contributed by atoms with Gasteiger partial charge in [0.05, 0.1) is 25.4 Å². The Morgan fingerprint density at radius 3 is 2.59 bits per heavy atom. The average Bonchev–Trinajstić information content (AvgIpc) is 2.66. The SMILES string of the molecule is COC(=O)c1ccc(CC(C)NCC(O)c2ccc(O)c(CO)c2)cc1C. The van der Waals surface area contributed by atoms with E-state index in [1.54, 1.807) is 18.2 Å². The number of hydrogen-bond acceptors (Lipinski definition) is 6. The van der Waals surface area contributed by atoms with Gasteiger partial charge in [-0.05, 0) is 55.2 Å². The lowest BCUT2D eigenvalue weighted by Crippen LogP contribution is -2.32. The molecule has 4 N–H and O–H groups in total. The van der Waals surface area contributed by atoms with E-state index >= 15 is 0 Å². The van der Waals surface area contributed by atoms with Gasteiger partial charge < -0.3 is 25.4 Å². The van der Waals surface area contributed by atoms with Crippen LogP contribution in [0.3, 0.4) is 0 Å². The van der Waals surface area contributed by atoms with Crippen molar-refractivity contribution >= 4 is 5.97 Å². The van der Waals surface area contributed by atoms with Gasteiger partial charge in [-0.3, -0.25) is 0 Å². The van der Waals surface area contributed by atoms with E-state index in [0.29, 0.717) is 23.2 Å². The molecule has 0 aromatic heterocycles. The van der Waals surface area contributed by atoms with Crippen LogP contribution in [0.4, 0.5) is 0 Å². The molecule has 0 spiro atoms. The second kappa shape index (κ2) is 9.50. The highest BCUT2D eigenvalue weighted by Gasteiger charge is 2.13. The summed E-state index contributed by atoms with van der Waals surface area (Å²) in [6.07, 6.45) is -0.00581. The fourth-order valence-electron chi connectivity index (χ4n) is 2.99. The molecule has 6 heteroatoms. The third kappa shape index (κ3) is 5.53. The topological polar surface area (TPSA) is 99.0 Å². The molecule has 146 valence electrons. The molecule has 0 aliphatic rings. The van der Waals surface area contributed by atoms with Crippen molar-refractivity contribution in [2.45, 2.75) is 39.0 Å². The summed E-state index contributed by atoms with van der Waals surface area (Å²) in [6.45, 7) is 3.96. The Kier molecular flexibility index (Phi) is 7.36. The number of aromatic hydroxyl groups is 1. The fourth-order valence-corrected chi connectivity index (χ4v) is 2.99. The molecular formula is C21H27NO5. The van der Waals surface area contributed by atoms with E-state index in [4.69, 9.17) is 4.74 Å². The molecule has 0 bridgehead atoms. The molecule has 2 aromatic rings. The predicted octanol–water partition coefficient (Wildman–Crippen LogP) is 2.23. The Balaban J connectivity index is 1.93. The van der Waals surface area contributed by atoms with Crippen LogP contribution in [0.2, 0.25) is 0 Å². The van der Waals surface area contributed by atoms with E-state index in [0.717, 1.165) is 17.5 Å². The van der Waals surface area contributed by atoms with E-state index in [1.807, 2.05) is 26.0 Å². The number of nitrogens with one attached hydrogen (secondary N) is 1. The molecular weight excluding hydrogens is 346 g/mol. The number of carbonyl (C=O) groups is 1. The summed E-state index contributed by atoms with van der Waals surface area (Å²) in [5.74, 6) is -0.329. The van der Waals surface area contributed by atoms with Gasteiger partial charge in [-0.15, -0.1) is 0 Å². The number of phenols is 1. The van der Waals surface area contributed by atoms with E-state index in [9.17, 15) is 20.1 Å². The monoisotopic (exact) mass is 373 g/mol. The maximum absolute atomic E-state index is 11.7. The van der Waals surface area contributed by atoms with Crippen LogP contribution in [0, 0.1) is 6.92 Å². The molecule has 0 saturated heterocycles. The lowest BCUT2D eigenvalue weighted by Gasteiger charge is -2.18. The molecule has 0 heterocycles. The number of ether oxygens (including phenoxy) is 1. The van der Waals surface area contributed by atoms with Crippen molar-refractivity contribution in [3.8, 4) is 5.75 Å². The highest BCUT2D eigenvalue weighted by Crippen LogP contribution is 2.22. The molecule has 0 fully saturated rings. The molecule has 0 amide bonds. The zero-order valence-electron chi connectivity index (χ0n) is 15.9. The summed E-state index contributed by atoms with van der Waals surface area (Å²) in [7, 11) is 1.37. The largest absolute Gasteiger partial charge is 0.508 e. The number of hydrogen-bond donors (Lipinski definition) is 4. The zero-order valence-corrected chi connectivity index (χ0v) is 15.9. The summed E-state index contributed by atoms with van der Waals surface area (Å²) in [4.78, 5) is 11.7. The molecule has 0 aliphatic carbocycles. The van der Waals surface area contributed by atoms with Crippen LogP contribution in [-0.2, 0) is 17.8 Å². The minimum absolute atomic E-state index is 0.0144. The van der Waals surface area contributed by atoms with Crippen molar-refractivity contribution < 1.29 is 24.9 Å². The van der Waals surface area contributed by atoms with Crippen LogP contribution in [-0.4, -0.2) is 41.0 Å². The van der Waals surface area contributed by atoms with E-state index in [2.05, 4.69) is 5.32 Å².